The van der Waals surface area contributed by atoms with Gasteiger partial charge in [-0.05, 0) is 48.9 Å². The van der Waals surface area contributed by atoms with Crippen molar-refractivity contribution in [3.05, 3.63) is 64.7 Å². The summed E-state index contributed by atoms with van der Waals surface area (Å²) in [5.74, 6) is -0.635. The Bertz CT molecular complexity index is 992. The molecule has 8 heteroatoms. The third kappa shape index (κ3) is 7.50. The highest BCUT2D eigenvalue weighted by atomic mass is 35.5. The van der Waals surface area contributed by atoms with Crippen LogP contribution in [0, 0.1) is 5.92 Å². The van der Waals surface area contributed by atoms with Crippen LogP contribution in [-0.2, 0) is 10.0 Å². The predicted molar refractivity (Wildman–Crippen MR) is 129 cm³/mol. The van der Waals surface area contributed by atoms with E-state index in [1.165, 1.54) is 31.4 Å². The first kappa shape index (κ1) is 24.6. The molecule has 1 fully saturated rings. The van der Waals surface area contributed by atoms with Crippen LogP contribution in [-0.4, -0.2) is 38.3 Å². The number of carboxylic acid groups (broad SMARTS) is 1. The molecule has 3 N–H and O–H groups in total. The van der Waals surface area contributed by atoms with Crippen molar-refractivity contribution in [3.8, 4) is 0 Å². The van der Waals surface area contributed by atoms with E-state index in [1.54, 1.807) is 6.07 Å². The Morgan fingerprint density at radius 2 is 1.81 bits per heavy atom. The second-order valence-corrected chi connectivity index (χ2v) is 10.8. The molecule has 1 saturated carbocycles. The van der Waals surface area contributed by atoms with Gasteiger partial charge >= 0.3 is 5.97 Å². The van der Waals surface area contributed by atoms with Crippen LogP contribution in [0.15, 0.2) is 48.5 Å². The molecule has 0 aromatic heterocycles. The van der Waals surface area contributed by atoms with Gasteiger partial charge in [0, 0.05) is 19.0 Å². The molecule has 0 spiro atoms. The number of benzene rings is 2. The molecule has 32 heavy (non-hydrogen) atoms. The number of sulfonamides is 1. The Balaban J connectivity index is 1.63. The Hall–Kier alpha value is -2.09. The molecule has 0 amide bonds. The summed E-state index contributed by atoms with van der Waals surface area (Å²) in [7, 11) is -3.37. The summed E-state index contributed by atoms with van der Waals surface area (Å²) >= 11 is 6.23. The van der Waals surface area contributed by atoms with E-state index in [9.17, 15) is 18.3 Å². The third-order valence-corrected chi connectivity index (χ3v) is 7.78. The van der Waals surface area contributed by atoms with Gasteiger partial charge in [0.25, 0.3) is 0 Å². The van der Waals surface area contributed by atoms with Gasteiger partial charge in [-0.3, -0.25) is 0 Å². The molecule has 2 aromatic rings. The van der Waals surface area contributed by atoms with Crippen LogP contribution in [0.1, 0.15) is 60.4 Å². The SMILES string of the molecule is O=C(O)c1ccc(Cl)c(NCC(CCS(=O)(=O)NCC2CCCCC2)c2ccccc2)c1. The van der Waals surface area contributed by atoms with E-state index < -0.39 is 16.0 Å². The van der Waals surface area contributed by atoms with E-state index in [0.29, 0.717) is 36.1 Å². The van der Waals surface area contributed by atoms with E-state index in [0.717, 1.165) is 18.4 Å². The van der Waals surface area contributed by atoms with E-state index in [4.69, 9.17) is 11.6 Å². The topological polar surface area (TPSA) is 95.5 Å². The first-order valence-electron chi connectivity index (χ1n) is 11.1. The minimum Gasteiger partial charge on any atom is -0.478 e. The van der Waals surface area contributed by atoms with Gasteiger partial charge in [0.05, 0.1) is 22.0 Å². The molecule has 3 rings (SSSR count). The van der Waals surface area contributed by atoms with Crippen LogP contribution in [0.2, 0.25) is 5.02 Å². The number of rotatable bonds is 11. The normalized spacial score (nSPS) is 15.9. The minimum absolute atomic E-state index is 0.0316. The largest absolute Gasteiger partial charge is 0.478 e. The molecule has 1 aliphatic rings. The summed E-state index contributed by atoms with van der Waals surface area (Å²) in [5, 5.41) is 12.9. The molecule has 0 heterocycles. The van der Waals surface area contributed by atoms with Crippen LogP contribution in [0.25, 0.3) is 0 Å². The van der Waals surface area contributed by atoms with Crippen LogP contribution < -0.4 is 10.0 Å². The summed E-state index contributed by atoms with van der Waals surface area (Å²) in [5.41, 5.74) is 1.68. The van der Waals surface area contributed by atoms with Crippen LogP contribution in [0.4, 0.5) is 5.69 Å². The van der Waals surface area contributed by atoms with Gasteiger partial charge in [0.2, 0.25) is 10.0 Å². The van der Waals surface area contributed by atoms with Gasteiger partial charge in [0.15, 0.2) is 0 Å². The lowest BCUT2D eigenvalue weighted by molar-refractivity contribution is 0.0697. The quantitative estimate of drug-likeness (QED) is 0.416. The number of carboxylic acids is 1. The maximum Gasteiger partial charge on any atom is 0.335 e. The number of carbonyl (C=O) groups is 1. The molecule has 0 bridgehead atoms. The zero-order valence-electron chi connectivity index (χ0n) is 18.1. The molecule has 0 aliphatic heterocycles. The average Bonchev–Trinajstić information content (AvgIpc) is 2.80. The second-order valence-electron chi connectivity index (χ2n) is 8.45. The summed E-state index contributed by atoms with van der Waals surface area (Å²) in [4.78, 5) is 11.3. The number of halogens is 1. The molecule has 1 atom stereocenters. The Morgan fingerprint density at radius 1 is 1.09 bits per heavy atom. The lowest BCUT2D eigenvalue weighted by Gasteiger charge is -2.22. The van der Waals surface area contributed by atoms with Crippen LogP contribution >= 0.6 is 11.6 Å². The molecule has 2 aromatic carbocycles. The van der Waals surface area contributed by atoms with Gasteiger partial charge in [-0.15, -0.1) is 0 Å². The highest BCUT2D eigenvalue weighted by Gasteiger charge is 2.20. The monoisotopic (exact) mass is 478 g/mol. The zero-order valence-corrected chi connectivity index (χ0v) is 19.7. The maximum atomic E-state index is 12.6. The third-order valence-electron chi connectivity index (χ3n) is 6.07. The molecule has 6 nitrogen and oxygen atoms in total. The number of hydrogen-bond acceptors (Lipinski definition) is 4. The molecule has 0 saturated heterocycles. The number of aromatic carboxylic acids is 1. The zero-order chi connectivity index (χ0) is 23.0. The molecular weight excluding hydrogens is 448 g/mol. The predicted octanol–water partition coefficient (Wildman–Crippen LogP) is 5.12. The highest BCUT2D eigenvalue weighted by molar-refractivity contribution is 7.89. The number of nitrogens with one attached hydrogen (secondary N) is 2. The molecule has 174 valence electrons. The van der Waals surface area contributed by atoms with Gasteiger partial charge in [-0.1, -0.05) is 61.2 Å². The number of hydrogen-bond donors (Lipinski definition) is 3. The lowest BCUT2D eigenvalue weighted by Crippen LogP contribution is -2.33. The first-order chi connectivity index (χ1) is 15.3. The fourth-order valence-electron chi connectivity index (χ4n) is 4.14. The standard InChI is InChI=1S/C24H31ClN2O4S/c25-22-12-11-20(24(28)29)15-23(22)26-17-21(19-9-5-2-6-10-19)13-14-32(30,31)27-16-18-7-3-1-4-8-18/h2,5-6,9-12,15,18,21,26-27H,1,3-4,7-8,13-14,16-17H2,(H,28,29). The van der Waals surface area contributed by atoms with Crippen molar-refractivity contribution in [2.24, 2.45) is 5.92 Å². The maximum absolute atomic E-state index is 12.6. The molecular formula is C24H31ClN2O4S. The summed E-state index contributed by atoms with van der Waals surface area (Å²) in [6, 6.07) is 14.2. The van der Waals surface area contributed by atoms with Crippen LogP contribution in [0.3, 0.4) is 0 Å². The van der Waals surface area contributed by atoms with Crippen LogP contribution in [0.5, 0.6) is 0 Å². The fourth-order valence-corrected chi connectivity index (χ4v) is 5.56. The van der Waals surface area contributed by atoms with Gasteiger partial charge in [-0.25, -0.2) is 17.9 Å². The lowest BCUT2D eigenvalue weighted by atomic mass is 9.90. The van der Waals surface area contributed by atoms with Crippen molar-refractivity contribution >= 4 is 33.3 Å². The number of anilines is 1. The van der Waals surface area contributed by atoms with E-state index in [2.05, 4.69) is 10.0 Å². The van der Waals surface area contributed by atoms with Gasteiger partial charge in [0.1, 0.15) is 0 Å². The highest BCUT2D eigenvalue weighted by Crippen LogP contribution is 2.27. The van der Waals surface area contributed by atoms with E-state index in [1.807, 2.05) is 30.3 Å². The molecule has 0 radical (unpaired) electrons. The second kappa shape index (κ2) is 11.7. The Morgan fingerprint density at radius 3 is 2.50 bits per heavy atom. The smallest absolute Gasteiger partial charge is 0.335 e. The summed E-state index contributed by atoms with van der Waals surface area (Å²) < 4.78 is 28.1. The fraction of sp³-hybridized carbons (Fsp3) is 0.458. The van der Waals surface area contributed by atoms with Crippen molar-refractivity contribution in [3.63, 3.8) is 0 Å². The van der Waals surface area contributed by atoms with Crippen molar-refractivity contribution in [2.45, 2.75) is 44.4 Å². The molecule has 1 unspecified atom stereocenters. The average molecular weight is 479 g/mol. The van der Waals surface area contributed by atoms with Crippen molar-refractivity contribution in [2.75, 3.05) is 24.2 Å². The van der Waals surface area contributed by atoms with Crippen molar-refractivity contribution < 1.29 is 18.3 Å². The first-order valence-corrected chi connectivity index (χ1v) is 13.2. The summed E-state index contributed by atoms with van der Waals surface area (Å²) in [6.45, 7) is 0.957. The Kier molecular flexibility index (Phi) is 8.96. The summed E-state index contributed by atoms with van der Waals surface area (Å²) in [6.07, 6.45) is 6.23. The van der Waals surface area contributed by atoms with Gasteiger partial charge in [-0.2, -0.15) is 0 Å². The van der Waals surface area contributed by atoms with E-state index >= 15 is 0 Å². The molecule has 1 aliphatic carbocycles. The van der Waals surface area contributed by atoms with E-state index in [-0.39, 0.29) is 17.2 Å². The van der Waals surface area contributed by atoms with Gasteiger partial charge < -0.3 is 10.4 Å². The van der Waals surface area contributed by atoms with Crippen molar-refractivity contribution in [1.29, 1.82) is 0 Å². The minimum atomic E-state index is -3.37. The van der Waals surface area contributed by atoms with Crippen molar-refractivity contribution in [1.82, 2.24) is 4.72 Å². The Labute approximate surface area is 195 Å².